The molecular formula is C16H9F2NO2. The molecule has 3 nitrogen and oxygen atoms in total. The van der Waals surface area contributed by atoms with Crippen molar-refractivity contribution in [3.63, 3.8) is 0 Å². The SMILES string of the molecule is C/C=c1\cc2c(cc1F)=C(C#N)c1cc(F)c(O)cc1O2. The van der Waals surface area contributed by atoms with Crippen molar-refractivity contribution in [2.45, 2.75) is 6.92 Å². The lowest BCUT2D eigenvalue weighted by molar-refractivity contribution is 0.418. The van der Waals surface area contributed by atoms with Gasteiger partial charge in [-0.2, -0.15) is 5.26 Å². The number of ether oxygens (including phenoxy) is 1. The van der Waals surface area contributed by atoms with Gasteiger partial charge in [-0.3, -0.25) is 0 Å². The molecule has 0 saturated carbocycles. The number of fused-ring (bicyclic) bond motifs is 2. The second-order valence-electron chi connectivity index (χ2n) is 4.55. The lowest BCUT2D eigenvalue weighted by Gasteiger charge is -2.18. The number of aromatic hydroxyl groups is 1. The van der Waals surface area contributed by atoms with Gasteiger partial charge in [-0.25, -0.2) is 8.78 Å². The fourth-order valence-corrected chi connectivity index (χ4v) is 2.28. The molecule has 0 atom stereocenters. The van der Waals surface area contributed by atoms with E-state index in [0.717, 1.165) is 12.1 Å². The summed E-state index contributed by atoms with van der Waals surface area (Å²) in [6, 6.07) is 6.70. The van der Waals surface area contributed by atoms with E-state index in [1.54, 1.807) is 13.0 Å². The van der Waals surface area contributed by atoms with E-state index in [4.69, 9.17) is 4.74 Å². The van der Waals surface area contributed by atoms with Gasteiger partial charge in [0.2, 0.25) is 0 Å². The highest BCUT2D eigenvalue weighted by molar-refractivity contribution is 5.83. The Labute approximate surface area is 118 Å². The summed E-state index contributed by atoms with van der Waals surface area (Å²) in [5.41, 5.74) is 0.291. The van der Waals surface area contributed by atoms with Crippen LogP contribution in [0.1, 0.15) is 12.5 Å². The molecule has 2 aromatic rings. The molecule has 0 aromatic heterocycles. The third-order valence-corrected chi connectivity index (χ3v) is 3.33. The number of nitriles is 1. The van der Waals surface area contributed by atoms with Gasteiger partial charge in [-0.05, 0) is 25.1 Å². The number of benzene rings is 2. The van der Waals surface area contributed by atoms with Crippen molar-refractivity contribution in [1.29, 1.82) is 5.26 Å². The molecule has 0 unspecified atom stereocenters. The lowest BCUT2D eigenvalue weighted by Crippen LogP contribution is -2.21. The van der Waals surface area contributed by atoms with Crippen LogP contribution in [-0.4, -0.2) is 5.11 Å². The van der Waals surface area contributed by atoms with Gasteiger partial charge in [0.15, 0.2) is 11.6 Å². The maximum absolute atomic E-state index is 13.9. The normalized spacial score (nSPS) is 13.2. The first-order chi connectivity index (χ1) is 10.0. The summed E-state index contributed by atoms with van der Waals surface area (Å²) in [6.07, 6.45) is 1.57. The standard InChI is InChI=1S/C16H9F2NO2/c1-2-8-3-15-9(4-12(8)17)11(7-19)10-5-13(18)14(20)6-16(10)21-15/h2-6,20H,1H3/b8-2+. The third kappa shape index (κ3) is 1.93. The Morgan fingerprint density at radius 2 is 1.90 bits per heavy atom. The number of rotatable bonds is 0. The van der Waals surface area contributed by atoms with Crippen LogP contribution in [0.4, 0.5) is 8.78 Å². The van der Waals surface area contributed by atoms with Gasteiger partial charge in [-0.1, -0.05) is 6.08 Å². The number of halogens is 2. The quantitative estimate of drug-likeness (QED) is 0.808. The van der Waals surface area contributed by atoms with E-state index < -0.39 is 17.4 Å². The topological polar surface area (TPSA) is 53.2 Å². The molecule has 1 heterocycles. The molecule has 1 N–H and O–H groups in total. The van der Waals surface area contributed by atoms with Crippen molar-refractivity contribution < 1.29 is 18.6 Å². The number of phenols is 1. The van der Waals surface area contributed by atoms with Gasteiger partial charge in [-0.15, -0.1) is 0 Å². The summed E-state index contributed by atoms with van der Waals surface area (Å²) in [4.78, 5) is 0. The Hall–Kier alpha value is -2.87. The van der Waals surface area contributed by atoms with Crippen molar-refractivity contribution in [1.82, 2.24) is 0 Å². The van der Waals surface area contributed by atoms with E-state index >= 15 is 0 Å². The number of nitrogens with zero attached hydrogens (tertiary/aromatic N) is 1. The van der Waals surface area contributed by atoms with Crippen molar-refractivity contribution in [2.75, 3.05) is 0 Å². The third-order valence-electron chi connectivity index (χ3n) is 3.33. The predicted molar refractivity (Wildman–Crippen MR) is 72.1 cm³/mol. The molecule has 21 heavy (non-hydrogen) atoms. The van der Waals surface area contributed by atoms with Crippen molar-refractivity contribution >= 4 is 11.6 Å². The molecule has 5 heteroatoms. The van der Waals surface area contributed by atoms with E-state index in [9.17, 15) is 19.1 Å². The van der Waals surface area contributed by atoms with Crippen molar-refractivity contribution in [3.05, 3.63) is 51.9 Å². The van der Waals surface area contributed by atoms with Gasteiger partial charge in [0, 0.05) is 22.1 Å². The maximum Gasteiger partial charge on any atom is 0.165 e. The first kappa shape index (κ1) is 13.1. The van der Waals surface area contributed by atoms with Crippen LogP contribution in [0.15, 0.2) is 24.3 Å². The lowest BCUT2D eigenvalue weighted by atomic mass is 9.99. The molecule has 0 bridgehead atoms. The zero-order valence-corrected chi connectivity index (χ0v) is 10.9. The first-order valence-corrected chi connectivity index (χ1v) is 6.16. The van der Waals surface area contributed by atoms with Crippen molar-refractivity contribution in [2.24, 2.45) is 0 Å². The summed E-state index contributed by atoms with van der Waals surface area (Å²) in [5.74, 6) is -1.48. The van der Waals surface area contributed by atoms with Crippen LogP contribution in [0.2, 0.25) is 0 Å². The van der Waals surface area contributed by atoms with E-state index in [1.807, 2.05) is 6.07 Å². The van der Waals surface area contributed by atoms with Crippen LogP contribution in [0.25, 0.3) is 11.6 Å². The number of phenolic OH excluding ortho intramolecular Hbond substituents is 1. The Bertz CT molecular complexity index is 927. The second kappa shape index (κ2) is 4.60. The fraction of sp³-hybridized carbons (Fsp3) is 0.0625. The molecule has 1 aliphatic rings. The highest BCUT2D eigenvalue weighted by Crippen LogP contribution is 2.36. The maximum atomic E-state index is 13.9. The number of hydrogen-bond acceptors (Lipinski definition) is 3. The molecule has 0 spiro atoms. The van der Waals surface area contributed by atoms with E-state index in [0.29, 0.717) is 11.0 Å². The summed E-state index contributed by atoms with van der Waals surface area (Å²) in [7, 11) is 0. The number of hydrogen-bond donors (Lipinski definition) is 1. The average Bonchev–Trinajstić information content (AvgIpc) is 2.46. The van der Waals surface area contributed by atoms with E-state index in [2.05, 4.69) is 0 Å². The minimum atomic E-state index is -0.868. The van der Waals surface area contributed by atoms with E-state index in [1.165, 1.54) is 12.1 Å². The molecule has 3 rings (SSSR count). The molecule has 0 fully saturated rings. The summed E-state index contributed by atoms with van der Waals surface area (Å²) in [5, 5.41) is 19.3. The summed E-state index contributed by atoms with van der Waals surface area (Å²) < 4.78 is 32.9. The predicted octanol–water partition coefficient (Wildman–Crippen LogP) is 2.30. The second-order valence-corrected chi connectivity index (χ2v) is 4.55. The van der Waals surface area contributed by atoms with Crippen LogP contribution >= 0.6 is 0 Å². The highest BCUT2D eigenvalue weighted by Gasteiger charge is 2.22. The minimum Gasteiger partial charge on any atom is -0.505 e. The van der Waals surface area contributed by atoms with Crippen molar-refractivity contribution in [3.8, 4) is 23.3 Å². The van der Waals surface area contributed by atoms with E-state index in [-0.39, 0.29) is 22.1 Å². The Morgan fingerprint density at radius 3 is 2.57 bits per heavy atom. The molecule has 1 aliphatic heterocycles. The highest BCUT2D eigenvalue weighted by atomic mass is 19.1. The molecule has 0 radical (unpaired) electrons. The molecule has 0 amide bonds. The molecule has 104 valence electrons. The summed E-state index contributed by atoms with van der Waals surface area (Å²) >= 11 is 0. The average molecular weight is 285 g/mol. The monoisotopic (exact) mass is 285 g/mol. The van der Waals surface area contributed by atoms with Gasteiger partial charge in [0.25, 0.3) is 0 Å². The molecule has 2 aromatic carbocycles. The van der Waals surface area contributed by atoms with Crippen LogP contribution < -0.4 is 15.2 Å². The fourth-order valence-electron chi connectivity index (χ4n) is 2.28. The minimum absolute atomic E-state index is 0.103. The van der Waals surface area contributed by atoms with Gasteiger partial charge in [0.1, 0.15) is 23.4 Å². The largest absolute Gasteiger partial charge is 0.505 e. The van der Waals surface area contributed by atoms with Gasteiger partial charge in [0.05, 0.1) is 5.57 Å². The van der Waals surface area contributed by atoms with Gasteiger partial charge >= 0.3 is 0 Å². The zero-order chi connectivity index (χ0) is 15.1. The smallest absolute Gasteiger partial charge is 0.165 e. The van der Waals surface area contributed by atoms with Crippen LogP contribution in [0.5, 0.6) is 17.2 Å². The molecule has 0 aliphatic carbocycles. The Morgan fingerprint density at radius 1 is 1.14 bits per heavy atom. The first-order valence-electron chi connectivity index (χ1n) is 6.16. The Kier molecular flexibility index (Phi) is 2.88. The molecule has 0 saturated heterocycles. The van der Waals surface area contributed by atoms with Gasteiger partial charge < -0.3 is 9.84 Å². The zero-order valence-electron chi connectivity index (χ0n) is 10.9. The Balaban J connectivity index is 2.45. The summed E-state index contributed by atoms with van der Waals surface area (Å²) in [6.45, 7) is 1.68. The van der Waals surface area contributed by atoms with Crippen LogP contribution in [0, 0.1) is 23.0 Å². The van der Waals surface area contributed by atoms with Crippen LogP contribution in [0.3, 0.4) is 0 Å². The van der Waals surface area contributed by atoms with Crippen LogP contribution in [-0.2, 0) is 0 Å². The molecular weight excluding hydrogens is 276 g/mol.